The highest BCUT2D eigenvalue weighted by molar-refractivity contribution is 5.66. The molecule has 0 aromatic rings. The minimum atomic E-state index is -0.920. The Morgan fingerprint density at radius 1 is 1.50 bits per heavy atom. The number of carboxylic acid groups (broad SMARTS) is 1. The van der Waals surface area contributed by atoms with E-state index in [1.165, 1.54) is 0 Å². The zero-order valence-electron chi connectivity index (χ0n) is 6.72. The summed E-state index contributed by atoms with van der Waals surface area (Å²) in [6.07, 6.45) is 4.03. The molecular formula is C8H15O2-. The van der Waals surface area contributed by atoms with Crippen molar-refractivity contribution in [3.63, 3.8) is 0 Å². The van der Waals surface area contributed by atoms with E-state index in [1.807, 2.05) is 0 Å². The Hall–Kier alpha value is -0.530. The first-order valence-corrected chi connectivity index (χ1v) is 3.89. The Labute approximate surface area is 62.2 Å². The van der Waals surface area contributed by atoms with Gasteiger partial charge in [-0.1, -0.05) is 33.1 Å². The van der Waals surface area contributed by atoms with E-state index < -0.39 is 5.97 Å². The average molecular weight is 143 g/mol. The maximum absolute atomic E-state index is 10.2. The average Bonchev–Trinajstić information content (AvgIpc) is 1.88. The molecule has 0 saturated carbocycles. The molecule has 0 saturated heterocycles. The molecule has 0 aliphatic carbocycles. The summed E-state index contributed by atoms with van der Waals surface area (Å²) < 4.78 is 0. The number of carbonyl (C=O) groups is 1. The van der Waals surface area contributed by atoms with Gasteiger partial charge in [0.15, 0.2) is 0 Å². The van der Waals surface area contributed by atoms with Crippen LogP contribution in [0.25, 0.3) is 0 Å². The summed E-state index contributed by atoms with van der Waals surface area (Å²) in [4.78, 5) is 10.2. The van der Waals surface area contributed by atoms with Crippen molar-refractivity contribution in [1.82, 2.24) is 0 Å². The van der Waals surface area contributed by atoms with Crippen LogP contribution in [0.3, 0.4) is 0 Å². The summed E-state index contributed by atoms with van der Waals surface area (Å²) in [7, 11) is 0. The van der Waals surface area contributed by atoms with Crippen LogP contribution in [-0.4, -0.2) is 5.97 Å². The van der Waals surface area contributed by atoms with Crippen molar-refractivity contribution in [2.75, 3.05) is 0 Å². The lowest BCUT2D eigenvalue weighted by Crippen LogP contribution is -2.29. The third-order valence-corrected chi connectivity index (χ3v) is 1.64. The van der Waals surface area contributed by atoms with E-state index in [-0.39, 0.29) is 5.92 Å². The first kappa shape index (κ1) is 9.47. The van der Waals surface area contributed by atoms with Gasteiger partial charge in [0, 0.05) is 5.97 Å². The van der Waals surface area contributed by atoms with Crippen molar-refractivity contribution in [3.8, 4) is 0 Å². The van der Waals surface area contributed by atoms with Crippen LogP contribution in [0.5, 0.6) is 0 Å². The fourth-order valence-electron chi connectivity index (χ4n) is 0.818. The molecule has 0 rings (SSSR count). The minimum absolute atomic E-state index is 0.272. The van der Waals surface area contributed by atoms with Gasteiger partial charge in [0.05, 0.1) is 0 Å². The molecule has 0 unspecified atom stereocenters. The highest BCUT2D eigenvalue weighted by atomic mass is 16.4. The van der Waals surface area contributed by atoms with Crippen molar-refractivity contribution in [2.45, 2.75) is 39.5 Å². The molecule has 0 radical (unpaired) electrons. The molecule has 0 aliphatic heterocycles. The van der Waals surface area contributed by atoms with E-state index in [0.29, 0.717) is 0 Å². The summed E-state index contributed by atoms with van der Waals surface area (Å²) >= 11 is 0. The lowest BCUT2D eigenvalue weighted by atomic mass is 10.0. The molecule has 10 heavy (non-hydrogen) atoms. The van der Waals surface area contributed by atoms with Crippen LogP contribution in [-0.2, 0) is 4.79 Å². The van der Waals surface area contributed by atoms with Crippen LogP contribution in [0.4, 0.5) is 0 Å². The quantitative estimate of drug-likeness (QED) is 0.538. The highest BCUT2D eigenvalue weighted by Gasteiger charge is 2.00. The molecule has 1 atom stereocenters. The third kappa shape index (κ3) is 4.36. The summed E-state index contributed by atoms with van der Waals surface area (Å²) in [5, 5.41) is 10.2. The van der Waals surface area contributed by atoms with Gasteiger partial charge in [-0.25, -0.2) is 0 Å². The minimum Gasteiger partial charge on any atom is -0.550 e. The van der Waals surface area contributed by atoms with E-state index in [0.717, 1.165) is 25.7 Å². The molecule has 0 aromatic carbocycles. The number of carbonyl (C=O) groups excluding carboxylic acids is 1. The zero-order valence-corrected chi connectivity index (χ0v) is 6.72. The van der Waals surface area contributed by atoms with Crippen LogP contribution >= 0.6 is 0 Å². The normalized spacial score (nSPS) is 13.0. The largest absolute Gasteiger partial charge is 0.550 e. The predicted octanol–water partition coefficient (Wildman–Crippen LogP) is 0.953. The molecule has 0 N–H and O–H groups in total. The van der Waals surface area contributed by atoms with E-state index in [1.54, 1.807) is 6.92 Å². The first-order valence-electron chi connectivity index (χ1n) is 3.89. The summed E-state index contributed by atoms with van der Waals surface area (Å²) in [6, 6.07) is 0. The van der Waals surface area contributed by atoms with Crippen molar-refractivity contribution in [2.24, 2.45) is 5.92 Å². The second kappa shape index (κ2) is 5.27. The lowest BCUT2D eigenvalue weighted by molar-refractivity contribution is -0.311. The molecule has 0 bridgehead atoms. The number of hydrogen-bond donors (Lipinski definition) is 0. The maximum Gasteiger partial charge on any atom is 0.0442 e. The van der Waals surface area contributed by atoms with Crippen LogP contribution < -0.4 is 5.11 Å². The van der Waals surface area contributed by atoms with Crippen LogP contribution in [0.1, 0.15) is 39.5 Å². The summed E-state index contributed by atoms with van der Waals surface area (Å²) in [6.45, 7) is 3.80. The van der Waals surface area contributed by atoms with Gasteiger partial charge >= 0.3 is 0 Å². The van der Waals surface area contributed by atoms with Gasteiger partial charge < -0.3 is 9.90 Å². The molecule has 2 nitrogen and oxygen atoms in total. The summed E-state index contributed by atoms with van der Waals surface area (Å²) in [5.41, 5.74) is 0. The maximum atomic E-state index is 10.2. The van der Waals surface area contributed by atoms with Gasteiger partial charge in [-0.2, -0.15) is 0 Å². The van der Waals surface area contributed by atoms with Gasteiger partial charge in [-0.3, -0.25) is 0 Å². The van der Waals surface area contributed by atoms with E-state index in [2.05, 4.69) is 6.92 Å². The van der Waals surface area contributed by atoms with E-state index >= 15 is 0 Å². The monoisotopic (exact) mass is 143 g/mol. The molecule has 0 aromatic heterocycles. The van der Waals surface area contributed by atoms with E-state index in [4.69, 9.17) is 0 Å². The standard InChI is InChI=1S/C8H16O2/c1-3-4-5-6-7(2)8(9)10/h7H,3-6H2,1-2H3,(H,9,10)/p-1/t7-/m1/s1. The molecule has 0 aliphatic rings. The predicted molar refractivity (Wildman–Crippen MR) is 38.3 cm³/mol. The van der Waals surface area contributed by atoms with Crippen molar-refractivity contribution in [3.05, 3.63) is 0 Å². The molecule has 0 fully saturated rings. The van der Waals surface area contributed by atoms with Gasteiger partial charge in [-0.05, 0) is 12.3 Å². The Morgan fingerprint density at radius 3 is 2.50 bits per heavy atom. The number of unbranched alkanes of at least 4 members (excludes halogenated alkanes) is 2. The van der Waals surface area contributed by atoms with Gasteiger partial charge in [-0.15, -0.1) is 0 Å². The zero-order chi connectivity index (χ0) is 7.98. The lowest BCUT2D eigenvalue weighted by Gasteiger charge is -2.10. The Balaban J connectivity index is 3.21. The fourth-order valence-corrected chi connectivity index (χ4v) is 0.818. The first-order chi connectivity index (χ1) is 4.68. The topological polar surface area (TPSA) is 40.1 Å². The SMILES string of the molecule is CCCCC[C@@H](C)C(=O)[O-]. The fraction of sp³-hybridized carbons (Fsp3) is 0.875. The van der Waals surface area contributed by atoms with Crippen molar-refractivity contribution in [1.29, 1.82) is 0 Å². The van der Waals surface area contributed by atoms with Crippen LogP contribution in [0.2, 0.25) is 0 Å². The second-order valence-corrected chi connectivity index (χ2v) is 2.72. The smallest absolute Gasteiger partial charge is 0.0442 e. The number of carboxylic acids is 1. The Morgan fingerprint density at radius 2 is 2.10 bits per heavy atom. The molecule has 0 amide bonds. The Kier molecular flexibility index (Phi) is 4.99. The highest BCUT2D eigenvalue weighted by Crippen LogP contribution is 2.07. The number of rotatable bonds is 5. The van der Waals surface area contributed by atoms with Crippen LogP contribution in [0.15, 0.2) is 0 Å². The van der Waals surface area contributed by atoms with Gasteiger partial charge in [0.1, 0.15) is 0 Å². The molecule has 0 spiro atoms. The number of aliphatic carboxylic acids is 1. The Bertz CT molecular complexity index is 99.4. The molecular weight excluding hydrogens is 128 g/mol. The van der Waals surface area contributed by atoms with Gasteiger partial charge in [0.25, 0.3) is 0 Å². The van der Waals surface area contributed by atoms with Crippen molar-refractivity contribution < 1.29 is 9.90 Å². The third-order valence-electron chi connectivity index (χ3n) is 1.64. The van der Waals surface area contributed by atoms with Crippen LogP contribution in [0, 0.1) is 5.92 Å². The second-order valence-electron chi connectivity index (χ2n) is 2.72. The summed E-state index contributed by atoms with van der Waals surface area (Å²) in [5.74, 6) is -1.19. The van der Waals surface area contributed by atoms with Crippen molar-refractivity contribution >= 4 is 5.97 Å². The molecule has 0 heterocycles. The molecule has 2 heteroatoms. The van der Waals surface area contributed by atoms with Gasteiger partial charge in [0.2, 0.25) is 0 Å². The van der Waals surface area contributed by atoms with E-state index in [9.17, 15) is 9.90 Å². The number of hydrogen-bond acceptors (Lipinski definition) is 2. The molecule has 60 valence electrons.